The molecule has 7 heteroatoms. The Hall–Kier alpha value is -0.270. The molecule has 0 aliphatic carbocycles. The summed E-state index contributed by atoms with van der Waals surface area (Å²) in [6.45, 7) is 9.55. The first-order valence-corrected chi connectivity index (χ1v) is 9.88. The fourth-order valence-corrected chi connectivity index (χ4v) is 4.78. The van der Waals surface area contributed by atoms with Gasteiger partial charge in [0.2, 0.25) is 10.0 Å². The highest BCUT2D eigenvalue weighted by Crippen LogP contribution is 2.30. The fraction of sp³-hybridized carbons (Fsp3) is 0.923. The second-order valence-corrected chi connectivity index (χ2v) is 8.97. The van der Waals surface area contributed by atoms with Crippen molar-refractivity contribution in [3.63, 3.8) is 0 Å². The Kier molecular flexibility index (Phi) is 6.34. The molecule has 1 aliphatic heterocycles. The van der Waals surface area contributed by atoms with Gasteiger partial charge >= 0.3 is 0 Å². The van der Waals surface area contributed by atoms with Gasteiger partial charge in [0.15, 0.2) is 5.17 Å². The van der Waals surface area contributed by atoms with Crippen molar-refractivity contribution in [2.75, 3.05) is 19.3 Å². The number of sulfonamides is 1. The van der Waals surface area contributed by atoms with Gasteiger partial charge in [0, 0.05) is 17.3 Å². The van der Waals surface area contributed by atoms with E-state index in [2.05, 4.69) is 28.9 Å². The number of hydrogen-bond acceptors (Lipinski definition) is 5. The largest absolute Gasteiger partial charge is 0.363 e. The van der Waals surface area contributed by atoms with Crippen LogP contribution in [0.4, 0.5) is 0 Å². The van der Waals surface area contributed by atoms with Crippen molar-refractivity contribution in [2.24, 2.45) is 10.9 Å². The minimum atomic E-state index is -3.20. The maximum Gasteiger partial charge on any atom is 0.209 e. The van der Waals surface area contributed by atoms with Gasteiger partial charge in [0.1, 0.15) is 0 Å². The predicted octanol–water partition coefficient (Wildman–Crippen LogP) is 1.81. The molecular formula is C13H27N3O2S2. The van der Waals surface area contributed by atoms with E-state index < -0.39 is 15.6 Å². The number of amidine groups is 1. The lowest BCUT2D eigenvalue weighted by atomic mass is 9.99. The Morgan fingerprint density at radius 2 is 2.00 bits per heavy atom. The number of aliphatic imine (C=N–C) groups is 1. The lowest BCUT2D eigenvalue weighted by Crippen LogP contribution is -2.50. The van der Waals surface area contributed by atoms with Crippen molar-refractivity contribution in [3.8, 4) is 0 Å². The first kappa shape index (κ1) is 17.8. The number of nitrogens with one attached hydrogen (secondary N) is 2. The van der Waals surface area contributed by atoms with Gasteiger partial charge in [0.25, 0.3) is 0 Å². The molecule has 0 saturated heterocycles. The van der Waals surface area contributed by atoms with Gasteiger partial charge in [-0.15, -0.1) is 0 Å². The zero-order valence-electron chi connectivity index (χ0n) is 13.1. The van der Waals surface area contributed by atoms with Crippen LogP contribution >= 0.6 is 11.8 Å². The van der Waals surface area contributed by atoms with Crippen molar-refractivity contribution in [1.82, 2.24) is 10.0 Å². The average Bonchev–Trinajstić information content (AvgIpc) is 2.74. The number of nitrogens with zero attached hydrogens (tertiary/aromatic N) is 1. The summed E-state index contributed by atoms with van der Waals surface area (Å²) in [4.78, 5) is 4.52. The molecule has 20 heavy (non-hydrogen) atoms. The molecule has 118 valence electrons. The van der Waals surface area contributed by atoms with Crippen molar-refractivity contribution in [3.05, 3.63) is 0 Å². The summed E-state index contributed by atoms with van der Waals surface area (Å²) in [5.74, 6) is 0.699. The van der Waals surface area contributed by atoms with Crippen LogP contribution in [-0.2, 0) is 10.0 Å². The molecule has 0 fully saturated rings. The van der Waals surface area contributed by atoms with Crippen LogP contribution in [0.5, 0.6) is 0 Å². The van der Waals surface area contributed by atoms with E-state index in [4.69, 9.17) is 0 Å². The van der Waals surface area contributed by atoms with Gasteiger partial charge < -0.3 is 5.32 Å². The van der Waals surface area contributed by atoms with Gasteiger partial charge in [-0.05, 0) is 19.8 Å². The van der Waals surface area contributed by atoms with E-state index in [0.29, 0.717) is 17.7 Å². The quantitative estimate of drug-likeness (QED) is 0.750. The zero-order chi connectivity index (χ0) is 15.4. The molecule has 0 spiro atoms. The highest BCUT2D eigenvalue weighted by atomic mass is 32.2. The predicted molar refractivity (Wildman–Crippen MR) is 87.8 cm³/mol. The molecule has 0 bridgehead atoms. The summed E-state index contributed by atoms with van der Waals surface area (Å²) >= 11 is 1.79. The Labute approximate surface area is 127 Å². The minimum absolute atomic E-state index is 0.524. The molecule has 0 radical (unpaired) electrons. The minimum Gasteiger partial charge on any atom is -0.363 e. The smallest absolute Gasteiger partial charge is 0.209 e. The molecule has 1 unspecified atom stereocenters. The summed E-state index contributed by atoms with van der Waals surface area (Å²) in [6.07, 6.45) is 3.54. The number of rotatable bonds is 7. The lowest BCUT2D eigenvalue weighted by Gasteiger charge is -2.26. The number of hydrogen-bond donors (Lipinski definition) is 2. The molecule has 0 aromatic heterocycles. The molecule has 0 aromatic rings. The molecule has 0 aromatic carbocycles. The number of thioether (sulfide) groups is 1. The van der Waals surface area contributed by atoms with Crippen molar-refractivity contribution < 1.29 is 8.42 Å². The van der Waals surface area contributed by atoms with E-state index in [-0.39, 0.29) is 0 Å². The summed E-state index contributed by atoms with van der Waals surface area (Å²) in [5.41, 5.74) is -0.524. The summed E-state index contributed by atoms with van der Waals surface area (Å²) in [5, 5.41) is 4.75. The van der Waals surface area contributed by atoms with Gasteiger partial charge in [-0.1, -0.05) is 38.5 Å². The topological polar surface area (TPSA) is 70.6 Å². The lowest BCUT2D eigenvalue weighted by molar-refractivity contribution is 0.450. The first-order valence-electron chi connectivity index (χ1n) is 7.10. The van der Waals surface area contributed by atoms with Crippen LogP contribution in [0, 0.1) is 5.92 Å². The van der Waals surface area contributed by atoms with Crippen LogP contribution in [0.3, 0.4) is 0 Å². The van der Waals surface area contributed by atoms with E-state index in [1.807, 2.05) is 13.8 Å². The fourth-order valence-electron chi connectivity index (χ4n) is 2.38. The highest BCUT2D eigenvalue weighted by Gasteiger charge is 2.28. The molecule has 0 saturated carbocycles. The van der Waals surface area contributed by atoms with Crippen molar-refractivity contribution in [1.29, 1.82) is 0 Å². The van der Waals surface area contributed by atoms with Gasteiger partial charge in [-0.2, -0.15) is 0 Å². The second-order valence-electron chi connectivity index (χ2n) is 5.99. The third-order valence-corrected chi connectivity index (χ3v) is 5.65. The molecule has 5 nitrogen and oxygen atoms in total. The van der Waals surface area contributed by atoms with Crippen molar-refractivity contribution >= 4 is 27.0 Å². The summed E-state index contributed by atoms with van der Waals surface area (Å²) in [6, 6.07) is 0. The maximum atomic E-state index is 11.3. The normalized spacial score (nSPS) is 20.3. The molecule has 1 rings (SSSR count). The standard InChI is InChI=1S/C13H27N3O2S2/c1-6-10(7-2)11-8-14-12(19-11)15-9-13(3,4)16-20(5,17)18/h10-11,16H,6-9H2,1-5H3,(H,14,15). The first-order chi connectivity index (χ1) is 9.17. The average molecular weight is 322 g/mol. The van der Waals surface area contributed by atoms with Crippen LogP contribution < -0.4 is 10.0 Å². The Morgan fingerprint density at radius 3 is 2.50 bits per heavy atom. The Balaban J connectivity index is 2.44. The highest BCUT2D eigenvalue weighted by molar-refractivity contribution is 8.14. The van der Waals surface area contributed by atoms with Gasteiger partial charge in [-0.3, -0.25) is 4.99 Å². The maximum absolute atomic E-state index is 11.3. The molecule has 2 N–H and O–H groups in total. The Bertz CT molecular complexity index is 443. The third-order valence-electron chi connectivity index (χ3n) is 3.40. The Morgan fingerprint density at radius 1 is 1.40 bits per heavy atom. The molecule has 0 amide bonds. The van der Waals surface area contributed by atoms with E-state index in [9.17, 15) is 8.42 Å². The SMILES string of the molecule is CCC(CC)C1CN=C(NCC(C)(C)NS(C)(=O)=O)S1. The van der Waals surface area contributed by atoms with E-state index in [0.717, 1.165) is 11.7 Å². The van der Waals surface area contributed by atoms with E-state index in [1.54, 1.807) is 11.8 Å². The summed E-state index contributed by atoms with van der Waals surface area (Å²) in [7, 11) is -3.20. The molecule has 1 heterocycles. The summed E-state index contributed by atoms with van der Waals surface area (Å²) < 4.78 is 25.2. The van der Waals surface area contributed by atoms with Gasteiger partial charge in [0.05, 0.1) is 12.8 Å². The molecule has 1 atom stereocenters. The van der Waals surface area contributed by atoms with Crippen LogP contribution in [0.25, 0.3) is 0 Å². The van der Waals surface area contributed by atoms with Crippen LogP contribution in [0.1, 0.15) is 40.5 Å². The monoisotopic (exact) mass is 321 g/mol. The van der Waals surface area contributed by atoms with Crippen molar-refractivity contribution in [2.45, 2.75) is 51.3 Å². The van der Waals surface area contributed by atoms with E-state index >= 15 is 0 Å². The van der Waals surface area contributed by atoms with Crippen LogP contribution in [0.15, 0.2) is 4.99 Å². The zero-order valence-corrected chi connectivity index (χ0v) is 14.7. The van der Waals surface area contributed by atoms with E-state index in [1.165, 1.54) is 19.1 Å². The van der Waals surface area contributed by atoms with Crippen LogP contribution in [-0.4, -0.2) is 43.7 Å². The van der Waals surface area contributed by atoms with Crippen LogP contribution in [0.2, 0.25) is 0 Å². The van der Waals surface area contributed by atoms with Gasteiger partial charge in [-0.25, -0.2) is 13.1 Å². The molecule has 1 aliphatic rings. The molecular weight excluding hydrogens is 294 g/mol. The second kappa shape index (κ2) is 7.13. The third kappa shape index (κ3) is 6.01.